The van der Waals surface area contributed by atoms with Crippen LogP contribution in [0.2, 0.25) is 0 Å². The molecule has 1 heterocycles. The fraction of sp³-hybridized carbons (Fsp3) is 0.600. The zero-order valence-electron chi connectivity index (χ0n) is 11.3. The maximum absolute atomic E-state index is 5.65. The minimum atomic E-state index is 0.442. The van der Waals surface area contributed by atoms with Crippen LogP contribution in [0, 0.1) is 6.92 Å². The van der Waals surface area contributed by atoms with E-state index in [4.69, 9.17) is 4.74 Å². The van der Waals surface area contributed by atoms with E-state index in [2.05, 4.69) is 36.5 Å². The van der Waals surface area contributed by atoms with Crippen molar-refractivity contribution in [3.63, 3.8) is 0 Å². The number of rotatable bonds is 6. The lowest BCUT2D eigenvalue weighted by Gasteiger charge is -2.17. The summed E-state index contributed by atoms with van der Waals surface area (Å²) in [5.74, 6) is 2.24. The molecule has 1 aliphatic heterocycles. The molecule has 100 valence electrons. The topological polar surface area (TPSA) is 21.3 Å². The fourth-order valence-electron chi connectivity index (χ4n) is 2.24. The maximum Gasteiger partial charge on any atom is 0.0666 e. The summed E-state index contributed by atoms with van der Waals surface area (Å²) in [6.07, 6.45) is 2.96. The van der Waals surface area contributed by atoms with Gasteiger partial charge in [-0.1, -0.05) is 29.8 Å². The molecule has 1 aromatic carbocycles. The Morgan fingerprint density at radius 1 is 1.39 bits per heavy atom. The van der Waals surface area contributed by atoms with E-state index in [1.807, 2.05) is 18.8 Å². The summed E-state index contributed by atoms with van der Waals surface area (Å²) >= 11 is 1.99. The van der Waals surface area contributed by atoms with Crippen LogP contribution in [0.25, 0.3) is 0 Å². The van der Waals surface area contributed by atoms with Crippen LogP contribution in [0.3, 0.4) is 0 Å². The fourth-order valence-corrected chi connectivity index (χ4v) is 3.49. The number of benzene rings is 1. The smallest absolute Gasteiger partial charge is 0.0666 e. The van der Waals surface area contributed by atoms with E-state index in [9.17, 15) is 0 Å². The van der Waals surface area contributed by atoms with E-state index in [0.29, 0.717) is 12.1 Å². The zero-order chi connectivity index (χ0) is 12.8. The van der Waals surface area contributed by atoms with E-state index in [1.54, 1.807) is 0 Å². The van der Waals surface area contributed by atoms with Crippen LogP contribution in [0.5, 0.6) is 0 Å². The summed E-state index contributed by atoms with van der Waals surface area (Å²) in [5, 5.41) is 3.40. The Bertz CT molecular complexity index is 346. The van der Waals surface area contributed by atoms with Gasteiger partial charge in [0.2, 0.25) is 0 Å². The molecule has 1 fully saturated rings. The number of ether oxygens (including phenoxy) is 1. The average Bonchev–Trinajstić information content (AvgIpc) is 2.89. The molecule has 0 amide bonds. The highest BCUT2D eigenvalue weighted by molar-refractivity contribution is 7.99. The zero-order valence-corrected chi connectivity index (χ0v) is 12.1. The Kier molecular flexibility index (Phi) is 5.54. The van der Waals surface area contributed by atoms with Crippen molar-refractivity contribution in [3.8, 4) is 0 Å². The van der Waals surface area contributed by atoms with Crippen molar-refractivity contribution in [2.75, 3.05) is 25.2 Å². The SMILES string of the molecule is CNC(CSCC1CCCO1)c1ccc(C)cc1. The highest BCUT2D eigenvalue weighted by Crippen LogP contribution is 2.22. The number of hydrogen-bond donors (Lipinski definition) is 1. The van der Waals surface area contributed by atoms with Crippen LogP contribution in [-0.2, 0) is 4.74 Å². The first-order chi connectivity index (χ1) is 8.79. The minimum absolute atomic E-state index is 0.442. The molecule has 2 rings (SSSR count). The van der Waals surface area contributed by atoms with E-state index in [0.717, 1.165) is 18.1 Å². The van der Waals surface area contributed by atoms with Gasteiger partial charge in [-0.25, -0.2) is 0 Å². The Balaban J connectivity index is 1.79. The lowest BCUT2D eigenvalue weighted by Crippen LogP contribution is -2.20. The molecule has 0 aliphatic carbocycles. The van der Waals surface area contributed by atoms with Gasteiger partial charge in [0.1, 0.15) is 0 Å². The summed E-state index contributed by atoms with van der Waals surface area (Å²) in [6.45, 7) is 3.09. The van der Waals surface area contributed by atoms with Gasteiger partial charge in [0.15, 0.2) is 0 Å². The molecule has 1 N–H and O–H groups in total. The van der Waals surface area contributed by atoms with E-state index in [-0.39, 0.29) is 0 Å². The second-order valence-corrected chi connectivity index (χ2v) is 6.00. The van der Waals surface area contributed by atoms with Gasteiger partial charge in [-0.2, -0.15) is 11.8 Å². The Hall–Kier alpha value is -0.510. The third kappa shape index (κ3) is 4.01. The summed E-state index contributed by atoms with van der Waals surface area (Å²) in [4.78, 5) is 0. The van der Waals surface area contributed by atoms with Crippen LogP contribution in [-0.4, -0.2) is 31.3 Å². The molecule has 0 saturated carbocycles. The van der Waals surface area contributed by atoms with Crippen molar-refractivity contribution in [3.05, 3.63) is 35.4 Å². The van der Waals surface area contributed by atoms with Crippen LogP contribution < -0.4 is 5.32 Å². The Morgan fingerprint density at radius 2 is 2.17 bits per heavy atom. The predicted octanol–water partition coefficient (Wildman–Crippen LogP) is 3.17. The van der Waals surface area contributed by atoms with Crippen molar-refractivity contribution in [2.45, 2.75) is 31.9 Å². The van der Waals surface area contributed by atoms with Gasteiger partial charge in [0.25, 0.3) is 0 Å². The van der Waals surface area contributed by atoms with Gasteiger partial charge in [-0.05, 0) is 32.4 Å². The van der Waals surface area contributed by atoms with Crippen molar-refractivity contribution in [2.24, 2.45) is 0 Å². The monoisotopic (exact) mass is 265 g/mol. The molecule has 0 radical (unpaired) electrons. The Morgan fingerprint density at radius 3 is 2.78 bits per heavy atom. The summed E-state index contributed by atoms with van der Waals surface area (Å²) in [6, 6.07) is 9.26. The molecule has 2 unspecified atom stereocenters. The van der Waals surface area contributed by atoms with Crippen molar-refractivity contribution < 1.29 is 4.74 Å². The largest absolute Gasteiger partial charge is 0.377 e. The lowest BCUT2D eigenvalue weighted by atomic mass is 10.1. The van der Waals surface area contributed by atoms with Crippen LogP contribution in [0.15, 0.2) is 24.3 Å². The molecule has 1 aliphatic rings. The van der Waals surface area contributed by atoms with Gasteiger partial charge in [-0.15, -0.1) is 0 Å². The number of nitrogens with one attached hydrogen (secondary N) is 1. The first-order valence-corrected chi connectivity index (χ1v) is 7.88. The molecule has 1 saturated heterocycles. The molecule has 18 heavy (non-hydrogen) atoms. The third-order valence-corrected chi connectivity index (χ3v) is 4.62. The first-order valence-electron chi connectivity index (χ1n) is 6.73. The van der Waals surface area contributed by atoms with Gasteiger partial charge >= 0.3 is 0 Å². The summed E-state index contributed by atoms with van der Waals surface area (Å²) < 4.78 is 5.65. The molecule has 3 heteroatoms. The van der Waals surface area contributed by atoms with Crippen molar-refractivity contribution in [1.29, 1.82) is 0 Å². The van der Waals surface area contributed by atoms with Gasteiger partial charge in [0.05, 0.1) is 6.10 Å². The number of aryl methyl sites for hydroxylation is 1. The molecule has 0 spiro atoms. The minimum Gasteiger partial charge on any atom is -0.377 e. The second kappa shape index (κ2) is 7.17. The van der Waals surface area contributed by atoms with E-state index >= 15 is 0 Å². The normalized spacial score (nSPS) is 21.1. The highest BCUT2D eigenvalue weighted by atomic mass is 32.2. The van der Waals surface area contributed by atoms with E-state index < -0.39 is 0 Å². The summed E-state index contributed by atoms with van der Waals surface area (Å²) in [7, 11) is 2.04. The molecular weight excluding hydrogens is 242 g/mol. The van der Waals surface area contributed by atoms with Gasteiger partial charge in [-0.3, -0.25) is 0 Å². The van der Waals surface area contributed by atoms with Crippen LogP contribution in [0.1, 0.15) is 30.0 Å². The molecule has 2 atom stereocenters. The predicted molar refractivity (Wildman–Crippen MR) is 79.3 cm³/mol. The van der Waals surface area contributed by atoms with Crippen molar-refractivity contribution in [1.82, 2.24) is 5.32 Å². The van der Waals surface area contributed by atoms with Crippen LogP contribution >= 0.6 is 11.8 Å². The first kappa shape index (κ1) is 13.9. The quantitative estimate of drug-likeness (QED) is 0.853. The molecule has 1 aromatic rings. The molecule has 0 bridgehead atoms. The molecule has 0 aromatic heterocycles. The number of hydrogen-bond acceptors (Lipinski definition) is 3. The van der Waals surface area contributed by atoms with Crippen molar-refractivity contribution >= 4 is 11.8 Å². The number of thioether (sulfide) groups is 1. The standard InChI is InChI=1S/C15H23NOS/c1-12-5-7-13(8-6-12)15(16-2)11-18-10-14-4-3-9-17-14/h5-8,14-16H,3-4,9-11H2,1-2H3. The van der Waals surface area contributed by atoms with E-state index in [1.165, 1.54) is 24.0 Å². The maximum atomic E-state index is 5.65. The van der Waals surface area contributed by atoms with Gasteiger partial charge < -0.3 is 10.1 Å². The van der Waals surface area contributed by atoms with Crippen LogP contribution in [0.4, 0.5) is 0 Å². The Labute approximate surface area is 114 Å². The lowest BCUT2D eigenvalue weighted by molar-refractivity contribution is 0.129. The summed E-state index contributed by atoms with van der Waals surface area (Å²) in [5.41, 5.74) is 2.70. The second-order valence-electron chi connectivity index (χ2n) is 4.92. The molecule has 2 nitrogen and oxygen atoms in total. The molecular formula is C15H23NOS. The average molecular weight is 265 g/mol. The highest BCUT2D eigenvalue weighted by Gasteiger charge is 2.16. The third-order valence-electron chi connectivity index (χ3n) is 3.44. The van der Waals surface area contributed by atoms with Gasteiger partial charge in [0, 0.05) is 24.2 Å².